The Morgan fingerprint density at radius 2 is 2.00 bits per heavy atom. The lowest BCUT2D eigenvalue weighted by molar-refractivity contribution is -0.119. The first-order chi connectivity index (χ1) is 8.99. The largest absolute Gasteiger partial charge is 0.396 e. The van der Waals surface area contributed by atoms with Gasteiger partial charge in [-0.05, 0) is 56.5 Å². The fourth-order valence-electron chi connectivity index (χ4n) is 2.12. The summed E-state index contributed by atoms with van der Waals surface area (Å²) in [7, 11) is 0. The molecule has 4 nitrogen and oxygen atoms in total. The van der Waals surface area contributed by atoms with Crippen molar-refractivity contribution in [2.24, 2.45) is 5.92 Å². The van der Waals surface area contributed by atoms with Crippen molar-refractivity contribution >= 4 is 43.5 Å². The SMILES string of the molecule is Cc1cc(Br)c(NC(=O)CN2CC(CO)C2)c(Br)c1. The zero-order valence-corrected chi connectivity index (χ0v) is 13.8. The van der Waals surface area contributed by atoms with Crippen LogP contribution in [0.3, 0.4) is 0 Å². The lowest BCUT2D eigenvalue weighted by atomic mass is 10.0. The van der Waals surface area contributed by atoms with Gasteiger partial charge in [0, 0.05) is 34.6 Å². The maximum absolute atomic E-state index is 11.9. The number of halogens is 2. The van der Waals surface area contributed by atoms with Crippen molar-refractivity contribution in [2.45, 2.75) is 6.92 Å². The average Bonchev–Trinajstić information content (AvgIpc) is 2.27. The van der Waals surface area contributed by atoms with Crippen LogP contribution < -0.4 is 5.32 Å². The summed E-state index contributed by atoms with van der Waals surface area (Å²) < 4.78 is 1.73. The van der Waals surface area contributed by atoms with Crippen LogP contribution in [0, 0.1) is 12.8 Å². The van der Waals surface area contributed by atoms with Crippen molar-refractivity contribution < 1.29 is 9.90 Å². The molecule has 104 valence electrons. The van der Waals surface area contributed by atoms with Crippen molar-refractivity contribution in [3.05, 3.63) is 26.6 Å². The minimum absolute atomic E-state index is 0.0401. The highest BCUT2D eigenvalue weighted by Gasteiger charge is 2.27. The number of likely N-dealkylation sites (tertiary alicyclic amines) is 1. The Labute approximate surface area is 129 Å². The van der Waals surface area contributed by atoms with Crippen LogP contribution >= 0.6 is 31.9 Å². The van der Waals surface area contributed by atoms with E-state index in [-0.39, 0.29) is 12.5 Å². The van der Waals surface area contributed by atoms with Crippen LogP contribution in [0.25, 0.3) is 0 Å². The molecule has 2 N–H and O–H groups in total. The van der Waals surface area contributed by atoms with Crippen LogP contribution in [0.4, 0.5) is 5.69 Å². The van der Waals surface area contributed by atoms with E-state index in [2.05, 4.69) is 37.2 Å². The summed E-state index contributed by atoms with van der Waals surface area (Å²) in [6.07, 6.45) is 0. The molecule has 0 bridgehead atoms. The first kappa shape index (κ1) is 15.0. The van der Waals surface area contributed by atoms with E-state index in [1.807, 2.05) is 24.0 Å². The smallest absolute Gasteiger partial charge is 0.238 e. The van der Waals surface area contributed by atoms with Gasteiger partial charge in [-0.2, -0.15) is 0 Å². The molecule has 0 saturated carbocycles. The molecule has 0 spiro atoms. The molecule has 0 radical (unpaired) electrons. The van der Waals surface area contributed by atoms with Crippen molar-refractivity contribution in [3.63, 3.8) is 0 Å². The molecule has 1 aliphatic heterocycles. The number of benzene rings is 1. The summed E-state index contributed by atoms with van der Waals surface area (Å²) in [5, 5.41) is 11.8. The van der Waals surface area contributed by atoms with Crippen LogP contribution in [0.1, 0.15) is 5.56 Å². The fourth-order valence-corrected chi connectivity index (χ4v) is 3.74. The number of aliphatic hydroxyl groups excluding tert-OH is 1. The molecule has 6 heteroatoms. The number of aliphatic hydroxyl groups is 1. The molecule has 2 rings (SSSR count). The van der Waals surface area contributed by atoms with Crippen LogP contribution in [0.15, 0.2) is 21.1 Å². The van der Waals surface area contributed by atoms with Gasteiger partial charge in [-0.25, -0.2) is 0 Å². The molecule has 0 atom stereocenters. The zero-order valence-electron chi connectivity index (χ0n) is 10.6. The van der Waals surface area contributed by atoms with E-state index in [4.69, 9.17) is 5.11 Å². The molecule has 1 aromatic carbocycles. The van der Waals surface area contributed by atoms with Crippen molar-refractivity contribution in [1.29, 1.82) is 0 Å². The molecule has 1 fully saturated rings. The highest BCUT2D eigenvalue weighted by Crippen LogP contribution is 2.32. The van der Waals surface area contributed by atoms with Crippen molar-refractivity contribution in [3.8, 4) is 0 Å². The predicted octanol–water partition coefficient (Wildman–Crippen LogP) is 2.38. The Balaban J connectivity index is 1.93. The number of hydrogen-bond donors (Lipinski definition) is 2. The first-order valence-electron chi connectivity index (χ1n) is 6.08. The molecule has 1 heterocycles. The summed E-state index contributed by atoms with van der Waals surface area (Å²) in [6.45, 7) is 4.15. The number of aryl methyl sites for hydroxylation is 1. The van der Waals surface area contributed by atoms with Gasteiger partial charge in [-0.1, -0.05) is 0 Å². The standard InChI is InChI=1S/C13H16Br2N2O2/c1-8-2-10(14)13(11(15)3-8)16-12(19)6-17-4-9(5-17)7-18/h2-3,9,18H,4-7H2,1H3,(H,16,19). The number of anilines is 1. The molecular weight excluding hydrogens is 376 g/mol. The van der Waals surface area contributed by atoms with Crippen LogP contribution in [-0.4, -0.2) is 42.2 Å². The minimum Gasteiger partial charge on any atom is -0.396 e. The highest BCUT2D eigenvalue weighted by molar-refractivity contribution is 9.11. The molecule has 0 aliphatic carbocycles. The van der Waals surface area contributed by atoms with E-state index in [0.29, 0.717) is 12.5 Å². The summed E-state index contributed by atoms with van der Waals surface area (Å²) in [6, 6.07) is 3.93. The van der Waals surface area contributed by atoms with Crippen LogP contribution in [0.5, 0.6) is 0 Å². The number of nitrogens with zero attached hydrogens (tertiary/aromatic N) is 1. The molecule has 1 aromatic rings. The zero-order chi connectivity index (χ0) is 14.0. The third kappa shape index (κ3) is 3.78. The van der Waals surface area contributed by atoms with E-state index in [1.165, 1.54) is 0 Å². The lowest BCUT2D eigenvalue weighted by Gasteiger charge is -2.37. The van der Waals surface area contributed by atoms with Crippen LogP contribution in [-0.2, 0) is 4.79 Å². The number of rotatable bonds is 4. The van der Waals surface area contributed by atoms with E-state index < -0.39 is 0 Å². The summed E-state index contributed by atoms with van der Waals surface area (Å²) >= 11 is 6.91. The normalized spacial score (nSPS) is 16.2. The minimum atomic E-state index is -0.0401. The maximum atomic E-state index is 11.9. The Bertz CT molecular complexity index is 465. The lowest BCUT2D eigenvalue weighted by Crippen LogP contribution is -2.51. The average molecular weight is 392 g/mol. The predicted molar refractivity (Wildman–Crippen MR) is 82.2 cm³/mol. The molecule has 1 aliphatic rings. The summed E-state index contributed by atoms with van der Waals surface area (Å²) in [5.41, 5.74) is 1.88. The van der Waals surface area contributed by atoms with E-state index in [9.17, 15) is 4.79 Å². The molecule has 1 amide bonds. The second kappa shape index (κ2) is 6.35. The molecule has 1 saturated heterocycles. The molecule has 0 unspecified atom stereocenters. The summed E-state index contributed by atoms with van der Waals surface area (Å²) in [5.74, 6) is 0.285. The quantitative estimate of drug-likeness (QED) is 0.828. The first-order valence-corrected chi connectivity index (χ1v) is 7.67. The number of nitrogens with one attached hydrogen (secondary N) is 1. The van der Waals surface area contributed by atoms with E-state index in [1.54, 1.807) is 0 Å². The topological polar surface area (TPSA) is 52.6 Å². The third-order valence-corrected chi connectivity index (χ3v) is 4.36. The number of hydrogen-bond acceptors (Lipinski definition) is 3. The Morgan fingerprint density at radius 3 is 2.53 bits per heavy atom. The maximum Gasteiger partial charge on any atom is 0.238 e. The molecule has 19 heavy (non-hydrogen) atoms. The number of carbonyl (C=O) groups is 1. The van der Waals surface area contributed by atoms with Gasteiger partial charge < -0.3 is 10.4 Å². The third-order valence-electron chi connectivity index (χ3n) is 3.11. The van der Waals surface area contributed by atoms with Crippen molar-refractivity contribution in [1.82, 2.24) is 4.90 Å². The van der Waals surface area contributed by atoms with Gasteiger partial charge in [0.1, 0.15) is 0 Å². The van der Waals surface area contributed by atoms with Gasteiger partial charge in [-0.15, -0.1) is 0 Å². The number of amides is 1. The van der Waals surface area contributed by atoms with E-state index >= 15 is 0 Å². The highest BCUT2D eigenvalue weighted by atomic mass is 79.9. The van der Waals surface area contributed by atoms with Gasteiger partial charge in [-0.3, -0.25) is 9.69 Å². The van der Waals surface area contributed by atoms with Crippen molar-refractivity contribution in [2.75, 3.05) is 31.6 Å². The molecule has 0 aromatic heterocycles. The fraction of sp³-hybridized carbons (Fsp3) is 0.462. The van der Waals surface area contributed by atoms with Gasteiger partial charge in [0.25, 0.3) is 0 Å². The summed E-state index contributed by atoms with van der Waals surface area (Å²) in [4.78, 5) is 14.0. The number of carbonyl (C=O) groups excluding carboxylic acids is 1. The van der Waals surface area contributed by atoms with Gasteiger partial charge in [0.2, 0.25) is 5.91 Å². The van der Waals surface area contributed by atoms with Gasteiger partial charge >= 0.3 is 0 Å². The Hall–Kier alpha value is -0.430. The second-order valence-electron chi connectivity index (χ2n) is 4.89. The monoisotopic (exact) mass is 390 g/mol. The van der Waals surface area contributed by atoms with Crippen LogP contribution in [0.2, 0.25) is 0 Å². The molecular formula is C13H16Br2N2O2. The van der Waals surface area contributed by atoms with E-state index in [0.717, 1.165) is 33.3 Å². The van der Waals surface area contributed by atoms with Gasteiger partial charge in [0.05, 0.1) is 12.2 Å². The van der Waals surface area contributed by atoms with Gasteiger partial charge in [0.15, 0.2) is 0 Å². The second-order valence-corrected chi connectivity index (χ2v) is 6.60. The Morgan fingerprint density at radius 1 is 1.42 bits per heavy atom. The Kier molecular flexibility index (Phi) is 5.00.